The predicted octanol–water partition coefficient (Wildman–Crippen LogP) is 5.15. The lowest BCUT2D eigenvalue weighted by Gasteiger charge is -2.34. The minimum absolute atomic E-state index is 0.725. The number of hydrogen-bond acceptors (Lipinski definition) is 4. The fourth-order valence-corrected chi connectivity index (χ4v) is 5.59. The summed E-state index contributed by atoms with van der Waals surface area (Å²) >= 11 is 5.44. The molecule has 0 spiro atoms. The van der Waals surface area contributed by atoms with E-state index in [-0.39, 0.29) is 0 Å². The maximum atomic E-state index is 5.35. The average molecular weight is 460 g/mol. The van der Waals surface area contributed by atoms with Gasteiger partial charge in [0, 0.05) is 48.1 Å². The van der Waals surface area contributed by atoms with Crippen LogP contribution in [0.5, 0.6) is 5.75 Å². The van der Waals surface area contributed by atoms with Crippen molar-refractivity contribution >= 4 is 39.2 Å². The van der Waals surface area contributed by atoms with Gasteiger partial charge in [-0.05, 0) is 40.4 Å². The van der Waals surface area contributed by atoms with Crippen molar-refractivity contribution < 1.29 is 4.74 Å². The van der Waals surface area contributed by atoms with E-state index in [2.05, 4.69) is 39.8 Å². The molecule has 2 aromatic heterocycles. The number of ether oxygens (including phenoxy) is 1. The molecule has 5 nitrogen and oxygen atoms in total. The van der Waals surface area contributed by atoms with Crippen LogP contribution in [0.25, 0.3) is 16.9 Å². The molecular weight excluding hydrogens is 436 g/mol. The summed E-state index contributed by atoms with van der Waals surface area (Å²) in [4.78, 5) is 9.79. The van der Waals surface area contributed by atoms with E-state index in [9.17, 15) is 0 Å². The minimum Gasteiger partial charge on any atom is -0.497 e. The summed E-state index contributed by atoms with van der Waals surface area (Å²) in [6.07, 6.45) is 11.4. The lowest BCUT2D eigenvalue weighted by atomic mass is 10.1. The van der Waals surface area contributed by atoms with Crippen LogP contribution < -0.4 is 9.22 Å². The maximum absolute atomic E-state index is 5.35. The smallest absolute Gasteiger partial charge is 0.247 e. The Kier molecular flexibility index (Phi) is 4.45. The average Bonchev–Trinajstić information content (AvgIpc) is 3.61. The van der Waals surface area contributed by atoms with E-state index in [1.807, 2.05) is 24.4 Å². The van der Waals surface area contributed by atoms with E-state index in [0.29, 0.717) is 0 Å². The topological polar surface area (TPSA) is 39.4 Å². The van der Waals surface area contributed by atoms with E-state index in [1.54, 1.807) is 18.9 Å². The van der Waals surface area contributed by atoms with Crippen molar-refractivity contribution in [3.63, 3.8) is 0 Å². The molecule has 0 atom stereocenters. The molecule has 2 saturated carbocycles. The fourth-order valence-electron chi connectivity index (χ4n) is 4.39. The summed E-state index contributed by atoms with van der Waals surface area (Å²) in [5.41, 5.74) is 2.86. The van der Waals surface area contributed by atoms with E-state index in [4.69, 9.17) is 14.7 Å². The van der Waals surface area contributed by atoms with Crippen molar-refractivity contribution in [1.82, 2.24) is 18.9 Å². The summed E-state index contributed by atoms with van der Waals surface area (Å²) in [6.45, 7) is 0. The van der Waals surface area contributed by atoms with E-state index in [1.165, 1.54) is 31.5 Å². The molecule has 0 N–H and O–H groups in total. The van der Waals surface area contributed by atoms with Crippen LogP contribution >= 0.6 is 27.7 Å². The number of nitrogens with zero attached hydrogens (tertiary/aromatic N) is 4. The number of imidazole rings is 1. The van der Waals surface area contributed by atoms with Gasteiger partial charge in [-0.25, -0.2) is 4.98 Å². The van der Waals surface area contributed by atoms with Crippen LogP contribution in [0.1, 0.15) is 25.7 Å². The summed E-state index contributed by atoms with van der Waals surface area (Å²) in [5.74, 6) is 2.16. The maximum Gasteiger partial charge on any atom is 0.247 e. The first-order chi connectivity index (χ1) is 13.6. The largest absolute Gasteiger partial charge is 0.497 e. The Morgan fingerprint density at radius 3 is 2.50 bits per heavy atom. The third-order valence-corrected chi connectivity index (χ3v) is 7.49. The molecule has 2 aliphatic carbocycles. The third kappa shape index (κ3) is 2.78. The van der Waals surface area contributed by atoms with Crippen molar-refractivity contribution in [2.45, 2.75) is 42.8 Å². The third-order valence-electron chi connectivity index (χ3n) is 6.18. The van der Waals surface area contributed by atoms with E-state index < -0.39 is 0 Å². The molecule has 0 saturated heterocycles. The van der Waals surface area contributed by atoms with Gasteiger partial charge in [0.2, 0.25) is 5.82 Å². The Hall–Kier alpha value is -1.57. The first-order valence-electron chi connectivity index (χ1n) is 9.69. The van der Waals surface area contributed by atoms with Crippen LogP contribution in [0.2, 0.25) is 0 Å². The van der Waals surface area contributed by atoms with Gasteiger partial charge in [0.1, 0.15) is 11.4 Å². The Balaban J connectivity index is 1.73. The van der Waals surface area contributed by atoms with Crippen molar-refractivity contribution in [3.05, 3.63) is 35.1 Å². The second-order valence-electron chi connectivity index (χ2n) is 7.87. The lowest BCUT2D eigenvalue weighted by molar-refractivity contribution is 0.294. The number of aromatic nitrogens is 3. The fraction of sp³-hybridized carbons (Fsp3) is 0.429. The Morgan fingerprint density at radius 2 is 1.93 bits per heavy atom. The van der Waals surface area contributed by atoms with Crippen LogP contribution in [0.3, 0.4) is 0 Å². The molecule has 3 aromatic rings. The van der Waals surface area contributed by atoms with Crippen LogP contribution in [0.15, 0.2) is 40.1 Å². The van der Waals surface area contributed by atoms with Crippen molar-refractivity contribution in [2.75, 3.05) is 20.4 Å². The molecule has 0 unspecified atom stereocenters. The quantitative estimate of drug-likeness (QED) is 0.377. The number of fused-ring (bicyclic) bond motifs is 1. The highest BCUT2D eigenvalue weighted by Crippen LogP contribution is 2.50. The molecule has 2 heterocycles. The molecule has 2 aliphatic rings. The molecular formula is C21H24BrN4OS+. The highest BCUT2D eigenvalue weighted by molar-refractivity contribution is 9.10. The molecule has 0 bridgehead atoms. The van der Waals surface area contributed by atoms with Crippen LogP contribution in [-0.4, -0.2) is 46.9 Å². The molecule has 0 aliphatic heterocycles. The van der Waals surface area contributed by atoms with Crippen LogP contribution in [-0.2, 0) is 0 Å². The molecule has 28 heavy (non-hydrogen) atoms. The zero-order valence-corrected chi connectivity index (χ0v) is 18.8. The normalized spacial score (nSPS) is 17.3. The molecule has 0 amide bonds. The number of hydrogen-bond donors (Lipinski definition) is 0. The van der Waals surface area contributed by atoms with Gasteiger partial charge in [0.15, 0.2) is 10.7 Å². The number of thioether (sulfide) groups is 1. The molecule has 7 heteroatoms. The summed E-state index contributed by atoms with van der Waals surface area (Å²) < 4.78 is 9.62. The second kappa shape index (κ2) is 6.75. The van der Waals surface area contributed by atoms with Crippen LogP contribution in [0, 0.1) is 0 Å². The monoisotopic (exact) mass is 459 g/mol. The highest BCUT2D eigenvalue weighted by Gasteiger charge is 2.55. The van der Waals surface area contributed by atoms with E-state index in [0.717, 1.165) is 48.7 Å². The van der Waals surface area contributed by atoms with E-state index >= 15 is 0 Å². The molecule has 146 valence electrons. The zero-order valence-electron chi connectivity index (χ0n) is 16.4. The van der Waals surface area contributed by atoms with Crippen molar-refractivity contribution in [3.8, 4) is 17.0 Å². The van der Waals surface area contributed by atoms with Gasteiger partial charge in [-0.2, -0.15) is 0 Å². The molecule has 0 radical (unpaired) electrons. The lowest BCUT2D eigenvalue weighted by Crippen LogP contribution is -2.50. The second-order valence-corrected chi connectivity index (χ2v) is 9.52. The summed E-state index contributed by atoms with van der Waals surface area (Å²) in [6, 6.07) is 7.45. The van der Waals surface area contributed by atoms with Crippen molar-refractivity contribution in [1.29, 1.82) is 0 Å². The van der Waals surface area contributed by atoms with Gasteiger partial charge >= 0.3 is 0 Å². The Labute approximate surface area is 177 Å². The first-order valence-corrected chi connectivity index (χ1v) is 11.7. The molecule has 2 fully saturated rings. The summed E-state index contributed by atoms with van der Waals surface area (Å²) in [7, 11) is 4.10. The standard InChI is InChI=1S/C21H24BrN4OS/c1-26(13-4-5-13,14-6-7-14)21-20(28-3)24-19-18(23-10-11-25(19)21)16-9-8-15(27-2)12-17(16)22/h8-14H,4-7H2,1-3H3/q+1. The Bertz CT molecular complexity index is 1050. The number of quaternary nitrogens is 1. The van der Waals surface area contributed by atoms with Gasteiger partial charge < -0.3 is 4.74 Å². The van der Waals surface area contributed by atoms with Gasteiger partial charge in [-0.15, -0.1) is 11.8 Å². The zero-order chi connectivity index (χ0) is 19.5. The van der Waals surface area contributed by atoms with Gasteiger partial charge in [-0.1, -0.05) is 0 Å². The molecule has 1 aromatic carbocycles. The number of methoxy groups -OCH3 is 1. The van der Waals surface area contributed by atoms with Gasteiger partial charge in [-0.3, -0.25) is 13.9 Å². The number of rotatable bonds is 6. The Morgan fingerprint density at radius 1 is 1.21 bits per heavy atom. The predicted molar refractivity (Wildman–Crippen MR) is 118 cm³/mol. The SMILES string of the molecule is COc1ccc(-c2nccn3c([N+](C)(C4CC4)C4CC4)c(SC)nc23)c(Br)c1. The minimum atomic E-state index is 0.725. The van der Waals surface area contributed by atoms with Crippen molar-refractivity contribution in [2.24, 2.45) is 0 Å². The number of halogens is 1. The molecule has 5 rings (SSSR count). The first kappa shape index (κ1) is 18.5. The van der Waals surface area contributed by atoms with Crippen LogP contribution in [0.4, 0.5) is 5.82 Å². The number of benzene rings is 1. The van der Waals surface area contributed by atoms with Gasteiger partial charge in [0.25, 0.3) is 0 Å². The van der Waals surface area contributed by atoms with Gasteiger partial charge in [0.05, 0.1) is 26.2 Å². The highest BCUT2D eigenvalue weighted by atomic mass is 79.9. The summed E-state index contributed by atoms with van der Waals surface area (Å²) in [5, 5.41) is 1.13.